The largest absolute Gasteiger partial charge is 0.481 e. The van der Waals surface area contributed by atoms with Crippen molar-refractivity contribution in [3.8, 4) is 0 Å². The van der Waals surface area contributed by atoms with E-state index >= 15 is 0 Å². The molecule has 0 rings (SSSR count). The molecule has 0 aromatic rings. The van der Waals surface area contributed by atoms with Gasteiger partial charge in [-0.1, -0.05) is 64.9 Å². The zero-order valence-corrected chi connectivity index (χ0v) is 17.0. The van der Waals surface area contributed by atoms with Gasteiger partial charge in [-0.05, 0) is 44.6 Å². The fourth-order valence-electron chi connectivity index (χ4n) is 2.85. The smallest absolute Gasteiger partial charge is 0.306 e. The average Bonchev–Trinajstić information content (AvgIpc) is 2.60. The highest BCUT2D eigenvalue weighted by atomic mass is 16.5. The van der Waals surface area contributed by atoms with Crippen LogP contribution in [0, 0.1) is 0 Å². The number of hydrogen-bond donors (Lipinski definition) is 1. The predicted molar refractivity (Wildman–Crippen MR) is 107 cm³/mol. The summed E-state index contributed by atoms with van der Waals surface area (Å²) in [5, 5.41) is 8.65. The second kappa shape index (κ2) is 18.5. The molecular formula is C22H40O4. The van der Waals surface area contributed by atoms with E-state index < -0.39 is 5.97 Å². The number of unbranched alkanes of at least 4 members (excludes halogenated alkanes) is 9. The molecule has 4 heteroatoms. The van der Waals surface area contributed by atoms with Gasteiger partial charge in [0.15, 0.2) is 0 Å². The maximum Gasteiger partial charge on any atom is 0.306 e. The third-order valence-corrected chi connectivity index (χ3v) is 4.47. The van der Waals surface area contributed by atoms with Crippen LogP contribution in [0.3, 0.4) is 0 Å². The molecule has 26 heavy (non-hydrogen) atoms. The molecule has 0 saturated heterocycles. The number of ether oxygens (including phenoxy) is 1. The third-order valence-electron chi connectivity index (χ3n) is 4.47. The van der Waals surface area contributed by atoms with Gasteiger partial charge in [-0.15, -0.1) is 0 Å². The first-order valence-corrected chi connectivity index (χ1v) is 10.7. The summed E-state index contributed by atoms with van der Waals surface area (Å²) in [6, 6.07) is 0. The SMILES string of the molecule is CCCCCC/C=C\C(CCCCCCC(=O)O)OC(=O)CCCCC. The molecule has 0 saturated carbocycles. The topological polar surface area (TPSA) is 63.6 Å². The molecule has 0 aliphatic rings. The fraction of sp³-hybridized carbons (Fsp3) is 0.818. The Bertz CT molecular complexity index is 376. The molecule has 0 aromatic carbocycles. The number of carboxylic acids is 1. The molecule has 1 N–H and O–H groups in total. The van der Waals surface area contributed by atoms with Crippen LogP contribution in [0.5, 0.6) is 0 Å². The van der Waals surface area contributed by atoms with Gasteiger partial charge >= 0.3 is 11.9 Å². The zero-order valence-electron chi connectivity index (χ0n) is 17.0. The van der Waals surface area contributed by atoms with E-state index in [9.17, 15) is 9.59 Å². The summed E-state index contributed by atoms with van der Waals surface area (Å²) in [7, 11) is 0. The van der Waals surface area contributed by atoms with Crippen molar-refractivity contribution < 1.29 is 19.4 Å². The van der Waals surface area contributed by atoms with E-state index in [1.807, 2.05) is 0 Å². The molecule has 0 aromatic heterocycles. The Kier molecular flexibility index (Phi) is 17.5. The maximum atomic E-state index is 12.0. The van der Waals surface area contributed by atoms with Gasteiger partial charge in [0.1, 0.15) is 6.10 Å². The lowest BCUT2D eigenvalue weighted by Crippen LogP contribution is -2.16. The van der Waals surface area contributed by atoms with Crippen LogP contribution in [0.15, 0.2) is 12.2 Å². The monoisotopic (exact) mass is 368 g/mol. The van der Waals surface area contributed by atoms with Crippen molar-refractivity contribution in [2.24, 2.45) is 0 Å². The molecule has 0 fully saturated rings. The summed E-state index contributed by atoms with van der Waals surface area (Å²) in [5.41, 5.74) is 0. The van der Waals surface area contributed by atoms with Crippen molar-refractivity contribution in [2.45, 2.75) is 116 Å². The van der Waals surface area contributed by atoms with Gasteiger partial charge in [-0.25, -0.2) is 0 Å². The van der Waals surface area contributed by atoms with Crippen molar-refractivity contribution in [2.75, 3.05) is 0 Å². The number of carbonyl (C=O) groups is 2. The third kappa shape index (κ3) is 17.5. The highest BCUT2D eigenvalue weighted by Crippen LogP contribution is 2.13. The number of allylic oxidation sites excluding steroid dienone is 1. The highest BCUT2D eigenvalue weighted by molar-refractivity contribution is 5.69. The molecule has 1 unspecified atom stereocenters. The van der Waals surface area contributed by atoms with Crippen LogP contribution in [0.25, 0.3) is 0 Å². The quantitative estimate of drug-likeness (QED) is 0.172. The van der Waals surface area contributed by atoms with Crippen molar-refractivity contribution in [3.63, 3.8) is 0 Å². The van der Waals surface area contributed by atoms with Crippen molar-refractivity contribution in [1.82, 2.24) is 0 Å². The molecule has 1 atom stereocenters. The lowest BCUT2D eigenvalue weighted by Gasteiger charge is -2.14. The maximum absolute atomic E-state index is 12.0. The molecule has 0 aliphatic heterocycles. The number of aliphatic carboxylic acids is 1. The Morgan fingerprint density at radius 1 is 0.846 bits per heavy atom. The first-order chi connectivity index (χ1) is 12.6. The molecule has 0 heterocycles. The van der Waals surface area contributed by atoms with Crippen LogP contribution in [0.2, 0.25) is 0 Å². The molecule has 4 nitrogen and oxygen atoms in total. The Morgan fingerprint density at radius 3 is 2.15 bits per heavy atom. The van der Waals surface area contributed by atoms with Crippen LogP contribution in [-0.2, 0) is 14.3 Å². The van der Waals surface area contributed by atoms with Crippen LogP contribution in [-0.4, -0.2) is 23.1 Å². The Hall–Kier alpha value is -1.32. The highest BCUT2D eigenvalue weighted by Gasteiger charge is 2.11. The Balaban J connectivity index is 4.15. The summed E-state index contributed by atoms with van der Waals surface area (Å²) >= 11 is 0. The second-order valence-corrected chi connectivity index (χ2v) is 7.11. The fourth-order valence-corrected chi connectivity index (χ4v) is 2.85. The minimum Gasteiger partial charge on any atom is -0.481 e. The Labute approximate surface area is 160 Å². The zero-order chi connectivity index (χ0) is 19.5. The van der Waals surface area contributed by atoms with E-state index in [0.29, 0.717) is 6.42 Å². The van der Waals surface area contributed by atoms with Crippen LogP contribution < -0.4 is 0 Å². The van der Waals surface area contributed by atoms with Crippen molar-refractivity contribution in [1.29, 1.82) is 0 Å². The first kappa shape index (κ1) is 24.7. The van der Waals surface area contributed by atoms with Crippen LogP contribution in [0.1, 0.15) is 110 Å². The van der Waals surface area contributed by atoms with E-state index in [1.165, 1.54) is 25.7 Å². The predicted octanol–water partition coefficient (Wildman–Crippen LogP) is 6.43. The van der Waals surface area contributed by atoms with E-state index in [4.69, 9.17) is 9.84 Å². The number of carbonyl (C=O) groups excluding carboxylic acids is 1. The van der Waals surface area contributed by atoms with Gasteiger partial charge < -0.3 is 9.84 Å². The minimum absolute atomic E-state index is 0.0926. The van der Waals surface area contributed by atoms with E-state index in [-0.39, 0.29) is 18.5 Å². The van der Waals surface area contributed by atoms with Crippen molar-refractivity contribution in [3.05, 3.63) is 12.2 Å². The first-order valence-electron chi connectivity index (χ1n) is 10.7. The average molecular weight is 369 g/mol. The standard InChI is InChI=1S/C22H40O4/c1-3-5-7-8-9-13-16-20(26-22(25)19-12-6-4-2)17-14-10-11-15-18-21(23)24/h13,16,20H,3-12,14-15,17-19H2,1-2H3,(H,23,24)/b16-13-. The van der Waals surface area contributed by atoms with Gasteiger partial charge in [0.2, 0.25) is 0 Å². The van der Waals surface area contributed by atoms with Gasteiger partial charge in [0, 0.05) is 12.8 Å². The van der Waals surface area contributed by atoms with Gasteiger partial charge in [-0.3, -0.25) is 9.59 Å². The number of esters is 1. The number of carboxylic acid groups (broad SMARTS) is 1. The van der Waals surface area contributed by atoms with Gasteiger partial charge in [-0.2, -0.15) is 0 Å². The Morgan fingerprint density at radius 2 is 1.46 bits per heavy atom. The summed E-state index contributed by atoms with van der Waals surface area (Å²) in [4.78, 5) is 22.5. The molecule has 0 spiro atoms. The van der Waals surface area contributed by atoms with Crippen molar-refractivity contribution >= 4 is 11.9 Å². The molecule has 0 amide bonds. The molecule has 0 aliphatic carbocycles. The number of hydrogen-bond acceptors (Lipinski definition) is 3. The summed E-state index contributed by atoms with van der Waals surface area (Å²) < 4.78 is 5.65. The van der Waals surface area contributed by atoms with E-state index in [0.717, 1.165) is 57.8 Å². The lowest BCUT2D eigenvalue weighted by atomic mass is 10.1. The molecule has 152 valence electrons. The summed E-state index contributed by atoms with van der Waals surface area (Å²) in [5.74, 6) is -0.820. The number of rotatable bonds is 18. The van der Waals surface area contributed by atoms with Crippen LogP contribution in [0.4, 0.5) is 0 Å². The van der Waals surface area contributed by atoms with Gasteiger partial charge in [0.05, 0.1) is 0 Å². The molecular weight excluding hydrogens is 328 g/mol. The molecule has 0 radical (unpaired) electrons. The van der Waals surface area contributed by atoms with E-state index in [1.54, 1.807) is 0 Å². The molecule has 0 bridgehead atoms. The summed E-state index contributed by atoms with van der Waals surface area (Å²) in [6.07, 6.45) is 18.3. The van der Waals surface area contributed by atoms with Gasteiger partial charge in [0.25, 0.3) is 0 Å². The van der Waals surface area contributed by atoms with E-state index in [2.05, 4.69) is 26.0 Å². The van der Waals surface area contributed by atoms with Crippen LogP contribution >= 0.6 is 0 Å². The normalized spacial score (nSPS) is 12.4. The summed E-state index contributed by atoms with van der Waals surface area (Å²) in [6.45, 7) is 4.33. The minimum atomic E-state index is -0.727. The second-order valence-electron chi connectivity index (χ2n) is 7.11. The lowest BCUT2D eigenvalue weighted by molar-refractivity contribution is -0.147.